The van der Waals surface area contributed by atoms with Crippen molar-refractivity contribution in [2.24, 2.45) is 0 Å². The first kappa shape index (κ1) is 14.3. The first-order valence-electron chi connectivity index (χ1n) is 5.85. The van der Waals surface area contributed by atoms with Gasteiger partial charge in [0, 0.05) is 24.3 Å². The maximum absolute atomic E-state index is 13.7. The molecule has 0 bridgehead atoms. The average molecular weight is 290 g/mol. The normalized spacial score (nSPS) is 9.95. The van der Waals surface area contributed by atoms with Crippen LogP contribution in [-0.4, -0.2) is 26.7 Å². The van der Waals surface area contributed by atoms with E-state index in [1.54, 1.807) is 29.1 Å². The molecule has 2 aromatic rings. The van der Waals surface area contributed by atoms with Gasteiger partial charge in [-0.05, 0) is 30.3 Å². The Morgan fingerprint density at radius 3 is 2.33 bits per heavy atom. The van der Waals surface area contributed by atoms with Crippen molar-refractivity contribution in [1.82, 2.24) is 4.57 Å². The molecular weight excluding hydrogens is 279 g/mol. The van der Waals surface area contributed by atoms with E-state index in [-0.39, 0.29) is 5.69 Å². The molecule has 0 atom stereocenters. The Morgan fingerprint density at radius 1 is 1.14 bits per heavy atom. The molecule has 3 N–H and O–H groups in total. The quantitative estimate of drug-likeness (QED) is 0.445. The van der Waals surface area contributed by atoms with Crippen LogP contribution in [-0.2, 0) is 9.59 Å². The predicted octanol–water partition coefficient (Wildman–Crippen LogP) is 2.08. The molecular formula is C14H11FN2O4. The summed E-state index contributed by atoms with van der Waals surface area (Å²) in [5, 5.41) is 20.0. The van der Waals surface area contributed by atoms with E-state index in [2.05, 4.69) is 5.32 Å². The van der Waals surface area contributed by atoms with Crippen molar-refractivity contribution in [1.29, 1.82) is 0 Å². The molecule has 0 radical (unpaired) electrons. The summed E-state index contributed by atoms with van der Waals surface area (Å²) in [5.74, 6) is -3.59. The first-order valence-corrected chi connectivity index (χ1v) is 5.85. The number of nitrogens with one attached hydrogen (secondary N) is 1. The van der Waals surface area contributed by atoms with Gasteiger partial charge >= 0.3 is 11.9 Å². The summed E-state index contributed by atoms with van der Waals surface area (Å²) in [7, 11) is 0. The number of nitrogens with zero attached hydrogens (tertiary/aromatic N) is 1. The molecule has 0 saturated carbocycles. The van der Waals surface area contributed by atoms with E-state index >= 15 is 0 Å². The number of hydrogen-bond donors (Lipinski definition) is 3. The second kappa shape index (κ2) is 5.91. The molecule has 7 heteroatoms. The SMILES string of the molecule is O=C(O)C(=CNc1ccc(F)c(-n2cccc2)c1)C(=O)O. The number of aromatic nitrogens is 1. The molecule has 1 aromatic heterocycles. The molecule has 21 heavy (non-hydrogen) atoms. The summed E-state index contributed by atoms with van der Waals surface area (Å²) in [5.41, 5.74) is -0.201. The highest BCUT2D eigenvalue weighted by Crippen LogP contribution is 2.19. The minimum atomic E-state index is -1.57. The van der Waals surface area contributed by atoms with Crippen molar-refractivity contribution >= 4 is 17.6 Å². The number of hydrogen-bond acceptors (Lipinski definition) is 3. The molecule has 0 amide bonds. The van der Waals surface area contributed by atoms with Gasteiger partial charge in [0.25, 0.3) is 0 Å². The van der Waals surface area contributed by atoms with Crippen molar-refractivity contribution in [3.8, 4) is 5.69 Å². The number of carboxylic acid groups (broad SMARTS) is 2. The summed E-state index contributed by atoms with van der Waals surface area (Å²) in [6.45, 7) is 0. The fraction of sp³-hybridized carbons (Fsp3) is 0. The number of carbonyl (C=O) groups is 2. The fourth-order valence-corrected chi connectivity index (χ4v) is 1.67. The zero-order valence-corrected chi connectivity index (χ0v) is 10.7. The molecule has 0 spiro atoms. The molecule has 0 aliphatic rings. The Bertz CT molecular complexity index is 692. The third kappa shape index (κ3) is 3.27. The summed E-state index contributed by atoms with van der Waals surface area (Å²) in [6, 6.07) is 7.47. The largest absolute Gasteiger partial charge is 0.477 e. The molecule has 0 aliphatic carbocycles. The molecule has 108 valence electrons. The highest BCUT2D eigenvalue weighted by atomic mass is 19.1. The van der Waals surface area contributed by atoms with Crippen LogP contribution in [0.5, 0.6) is 0 Å². The van der Waals surface area contributed by atoms with Crippen LogP contribution in [0.15, 0.2) is 54.5 Å². The Labute approximate surface area is 118 Å². The number of carboxylic acids is 2. The molecule has 0 aliphatic heterocycles. The van der Waals surface area contributed by atoms with E-state index in [1.807, 2.05) is 0 Å². The molecule has 0 unspecified atom stereocenters. The van der Waals surface area contributed by atoms with Crippen LogP contribution in [0, 0.1) is 5.82 Å². The van der Waals surface area contributed by atoms with Crippen molar-refractivity contribution in [3.63, 3.8) is 0 Å². The van der Waals surface area contributed by atoms with Crippen LogP contribution in [0.4, 0.5) is 10.1 Å². The van der Waals surface area contributed by atoms with Gasteiger partial charge in [-0.2, -0.15) is 0 Å². The zero-order chi connectivity index (χ0) is 15.4. The Hall–Kier alpha value is -3.09. The van der Waals surface area contributed by atoms with E-state index in [0.717, 1.165) is 6.20 Å². The zero-order valence-electron chi connectivity index (χ0n) is 10.7. The van der Waals surface area contributed by atoms with Crippen LogP contribution >= 0.6 is 0 Å². The number of anilines is 1. The third-order valence-electron chi connectivity index (χ3n) is 2.67. The van der Waals surface area contributed by atoms with Crippen molar-refractivity contribution in [2.75, 3.05) is 5.32 Å². The van der Waals surface area contributed by atoms with Crippen LogP contribution in [0.1, 0.15) is 0 Å². The van der Waals surface area contributed by atoms with Crippen LogP contribution < -0.4 is 5.32 Å². The van der Waals surface area contributed by atoms with Gasteiger partial charge in [-0.3, -0.25) is 0 Å². The molecule has 1 heterocycles. The summed E-state index contributed by atoms with van der Waals surface area (Å²) in [6.07, 6.45) is 4.15. The van der Waals surface area contributed by atoms with Gasteiger partial charge in [-0.1, -0.05) is 0 Å². The topological polar surface area (TPSA) is 91.6 Å². The second-order valence-electron chi connectivity index (χ2n) is 4.07. The third-order valence-corrected chi connectivity index (χ3v) is 2.67. The Kier molecular flexibility index (Phi) is 4.03. The standard InChI is InChI=1S/C14H11FN2O4/c15-11-4-3-9(7-12(11)17-5-1-2-6-17)16-8-10(13(18)19)14(20)21/h1-8,16H,(H,18,19)(H,20,21). The van der Waals surface area contributed by atoms with Gasteiger partial charge in [-0.15, -0.1) is 0 Å². The lowest BCUT2D eigenvalue weighted by molar-refractivity contribution is -0.140. The maximum Gasteiger partial charge on any atom is 0.344 e. The van der Waals surface area contributed by atoms with E-state index < -0.39 is 23.3 Å². The maximum atomic E-state index is 13.7. The highest BCUT2D eigenvalue weighted by Gasteiger charge is 2.15. The smallest absolute Gasteiger partial charge is 0.344 e. The number of benzene rings is 1. The molecule has 0 saturated heterocycles. The summed E-state index contributed by atoms with van der Waals surface area (Å²) in [4.78, 5) is 21.4. The number of halogens is 1. The lowest BCUT2D eigenvalue weighted by atomic mass is 10.2. The lowest BCUT2D eigenvalue weighted by Crippen LogP contribution is -2.13. The van der Waals surface area contributed by atoms with Gasteiger partial charge in [0.2, 0.25) is 0 Å². The minimum absolute atomic E-state index is 0.255. The van der Waals surface area contributed by atoms with E-state index in [4.69, 9.17) is 10.2 Å². The van der Waals surface area contributed by atoms with Crippen LogP contribution in [0.2, 0.25) is 0 Å². The van der Waals surface area contributed by atoms with Gasteiger partial charge in [0.1, 0.15) is 5.82 Å². The van der Waals surface area contributed by atoms with Gasteiger partial charge in [-0.25, -0.2) is 14.0 Å². The lowest BCUT2D eigenvalue weighted by Gasteiger charge is -2.08. The molecule has 1 aromatic carbocycles. The van der Waals surface area contributed by atoms with Gasteiger partial charge in [0.15, 0.2) is 5.57 Å². The van der Waals surface area contributed by atoms with Gasteiger partial charge in [0.05, 0.1) is 5.69 Å². The molecule has 2 rings (SSSR count). The number of rotatable bonds is 5. The fourth-order valence-electron chi connectivity index (χ4n) is 1.67. The van der Waals surface area contributed by atoms with Gasteiger partial charge < -0.3 is 20.1 Å². The number of aliphatic carboxylic acids is 2. The Morgan fingerprint density at radius 2 is 1.76 bits per heavy atom. The van der Waals surface area contributed by atoms with E-state index in [9.17, 15) is 14.0 Å². The van der Waals surface area contributed by atoms with E-state index in [0.29, 0.717) is 5.69 Å². The Balaban J connectivity index is 2.30. The molecule has 6 nitrogen and oxygen atoms in total. The first-order chi connectivity index (χ1) is 9.99. The average Bonchev–Trinajstić information content (AvgIpc) is 2.93. The van der Waals surface area contributed by atoms with Crippen molar-refractivity contribution < 1.29 is 24.2 Å². The predicted molar refractivity (Wildman–Crippen MR) is 72.7 cm³/mol. The summed E-state index contributed by atoms with van der Waals surface area (Å²) >= 11 is 0. The minimum Gasteiger partial charge on any atom is -0.477 e. The van der Waals surface area contributed by atoms with Crippen LogP contribution in [0.25, 0.3) is 5.69 Å². The second-order valence-corrected chi connectivity index (χ2v) is 4.07. The van der Waals surface area contributed by atoms with Crippen LogP contribution in [0.3, 0.4) is 0 Å². The highest BCUT2D eigenvalue weighted by molar-refractivity contribution is 6.12. The van der Waals surface area contributed by atoms with E-state index in [1.165, 1.54) is 18.2 Å². The summed E-state index contributed by atoms with van der Waals surface area (Å²) < 4.78 is 15.3. The van der Waals surface area contributed by atoms with Crippen molar-refractivity contribution in [3.05, 3.63) is 60.3 Å². The molecule has 0 fully saturated rings. The van der Waals surface area contributed by atoms with Crippen molar-refractivity contribution in [2.45, 2.75) is 0 Å². The monoisotopic (exact) mass is 290 g/mol.